The summed E-state index contributed by atoms with van der Waals surface area (Å²) in [6.07, 6.45) is 0. The average molecular weight is 261 g/mol. The zero-order valence-corrected chi connectivity index (χ0v) is 8.54. The Kier molecular flexibility index (Phi) is 3.56. The van der Waals surface area contributed by atoms with E-state index in [2.05, 4.69) is 4.93 Å². The first-order valence-corrected chi connectivity index (χ1v) is 7.05. The van der Waals surface area contributed by atoms with Gasteiger partial charge in [-0.2, -0.15) is 0 Å². The van der Waals surface area contributed by atoms with Crippen molar-refractivity contribution in [3.05, 3.63) is 35.9 Å². The third kappa shape index (κ3) is 2.61. The molecule has 0 fully saturated rings. The molecule has 0 aliphatic rings. The summed E-state index contributed by atoms with van der Waals surface area (Å²) in [7, 11) is 0. The maximum absolute atomic E-state index is 11.3. The first kappa shape index (κ1) is 8.71. The van der Waals surface area contributed by atoms with Crippen molar-refractivity contribution in [2.45, 2.75) is 0 Å². The summed E-state index contributed by atoms with van der Waals surface area (Å²) in [5, 5.41) is 0. The molecule has 0 saturated heterocycles. The third-order valence-corrected chi connectivity index (χ3v) is 2.81. The van der Waals surface area contributed by atoms with Crippen molar-refractivity contribution in [3.63, 3.8) is 0 Å². The number of Topliss-reactive ketones (excluding diaryl/α,β-unsaturated/α-hetero) is 1. The van der Waals surface area contributed by atoms with Gasteiger partial charge in [0.15, 0.2) is 0 Å². The van der Waals surface area contributed by atoms with Gasteiger partial charge in [0, 0.05) is 0 Å². The molecule has 11 heavy (non-hydrogen) atoms. The number of carbonyl (C=O) groups excluding carboxylic acids is 1. The van der Waals surface area contributed by atoms with Crippen molar-refractivity contribution in [3.8, 4) is 0 Å². The van der Waals surface area contributed by atoms with Crippen LogP contribution in [0.15, 0.2) is 30.3 Å². The summed E-state index contributed by atoms with van der Waals surface area (Å²) in [5.41, 5.74) is 0.856. The normalized spacial score (nSPS) is 9.91. The molecule has 1 nitrogen and oxygen atoms in total. The SMILES string of the molecule is C[I-]CC(=O)c1ccccc1. The first-order valence-electron chi connectivity index (χ1n) is 3.36. The van der Waals surface area contributed by atoms with Gasteiger partial charge in [0.25, 0.3) is 0 Å². The van der Waals surface area contributed by atoms with Crippen LogP contribution in [0.25, 0.3) is 0 Å². The van der Waals surface area contributed by atoms with Crippen LogP contribution in [0.5, 0.6) is 0 Å². The van der Waals surface area contributed by atoms with Gasteiger partial charge in [-0.3, -0.25) is 0 Å². The quantitative estimate of drug-likeness (QED) is 0.371. The number of benzene rings is 1. The number of hydrogen-bond donors (Lipinski definition) is 0. The monoisotopic (exact) mass is 261 g/mol. The van der Waals surface area contributed by atoms with Crippen molar-refractivity contribution >= 4 is 5.78 Å². The van der Waals surface area contributed by atoms with Gasteiger partial charge in [-0.1, -0.05) is 0 Å². The molecule has 0 N–H and O–H groups in total. The fraction of sp³-hybridized carbons (Fsp3) is 0.222. The summed E-state index contributed by atoms with van der Waals surface area (Å²) in [4.78, 5) is 13.4. The van der Waals surface area contributed by atoms with E-state index in [0.717, 1.165) is 9.99 Å². The Bertz CT molecular complexity index is 231. The number of ketones is 1. The van der Waals surface area contributed by atoms with Gasteiger partial charge < -0.3 is 0 Å². The van der Waals surface area contributed by atoms with E-state index >= 15 is 0 Å². The van der Waals surface area contributed by atoms with Crippen molar-refractivity contribution in [1.29, 1.82) is 0 Å². The Morgan fingerprint density at radius 1 is 1.36 bits per heavy atom. The maximum atomic E-state index is 11.3. The molecule has 0 amide bonds. The van der Waals surface area contributed by atoms with Gasteiger partial charge in [0.1, 0.15) is 0 Å². The van der Waals surface area contributed by atoms with E-state index in [-0.39, 0.29) is 21.2 Å². The van der Waals surface area contributed by atoms with Crippen LogP contribution in [-0.2, 0) is 0 Å². The minimum absolute atomic E-state index is 0.0918. The second-order valence-corrected chi connectivity index (χ2v) is 4.48. The topological polar surface area (TPSA) is 17.1 Å². The average Bonchev–Trinajstić information content (AvgIpc) is 2.07. The Morgan fingerprint density at radius 3 is 2.55 bits per heavy atom. The number of rotatable bonds is 3. The summed E-state index contributed by atoms with van der Waals surface area (Å²) in [6.45, 7) is 0. The van der Waals surface area contributed by atoms with Crippen molar-refractivity contribution in [1.82, 2.24) is 0 Å². The number of alkyl halides is 2. The molecule has 2 heteroatoms. The van der Waals surface area contributed by atoms with Gasteiger partial charge in [-0.05, 0) is 0 Å². The molecule has 0 bridgehead atoms. The summed E-state index contributed by atoms with van der Waals surface area (Å²) < 4.78 is 0.767. The number of carbonyl (C=O) groups is 1. The van der Waals surface area contributed by atoms with E-state index in [4.69, 9.17) is 0 Å². The molecule has 0 radical (unpaired) electrons. The van der Waals surface area contributed by atoms with Crippen LogP contribution < -0.4 is 21.2 Å². The van der Waals surface area contributed by atoms with Crippen molar-refractivity contribution < 1.29 is 26.0 Å². The number of halogens is 1. The molecule has 0 spiro atoms. The van der Waals surface area contributed by atoms with Gasteiger partial charge in [-0.25, -0.2) is 0 Å². The fourth-order valence-corrected chi connectivity index (χ4v) is 1.96. The zero-order chi connectivity index (χ0) is 8.10. The summed E-state index contributed by atoms with van der Waals surface area (Å²) in [5.74, 6) is 0.293. The van der Waals surface area contributed by atoms with Crippen LogP contribution >= 0.6 is 0 Å². The van der Waals surface area contributed by atoms with Crippen LogP contribution in [0.3, 0.4) is 0 Å². The Balaban J connectivity index is 2.69. The summed E-state index contributed by atoms with van der Waals surface area (Å²) >= 11 is 0.0918. The molecule has 0 aromatic heterocycles. The first-order chi connectivity index (χ1) is 5.34. The molecule has 1 aromatic rings. The van der Waals surface area contributed by atoms with Gasteiger partial charge in [0.05, 0.1) is 0 Å². The van der Waals surface area contributed by atoms with E-state index < -0.39 is 0 Å². The molecule has 0 unspecified atom stereocenters. The van der Waals surface area contributed by atoms with Crippen molar-refractivity contribution in [2.75, 3.05) is 9.36 Å². The van der Waals surface area contributed by atoms with E-state index in [1.54, 1.807) is 0 Å². The van der Waals surface area contributed by atoms with Crippen LogP contribution in [0.4, 0.5) is 0 Å². The second-order valence-electron chi connectivity index (χ2n) is 2.19. The van der Waals surface area contributed by atoms with Gasteiger partial charge >= 0.3 is 77.0 Å². The van der Waals surface area contributed by atoms with Gasteiger partial charge in [-0.15, -0.1) is 0 Å². The third-order valence-electron chi connectivity index (χ3n) is 1.35. The molecule has 0 atom stereocenters. The Morgan fingerprint density at radius 2 is 2.00 bits per heavy atom. The predicted molar refractivity (Wildman–Crippen MR) is 41.6 cm³/mol. The standard InChI is InChI=1S/C9H10IO/c1-10-7-9(11)8-5-3-2-4-6-8/h2-6H,7H2,1H3/q-1. The van der Waals surface area contributed by atoms with E-state index in [1.165, 1.54) is 0 Å². The second kappa shape index (κ2) is 4.49. The van der Waals surface area contributed by atoms with Crippen molar-refractivity contribution in [2.24, 2.45) is 0 Å². The molecule has 0 heterocycles. The van der Waals surface area contributed by atoms with E-state index in [0.29, 0.717) is 5.78 Å². The van der Waals surface area contributed by atoms with E-state index in [1.807, 2.05) is 30.3 Å². The molecule has 1 rings (SSSR count). The molecular weight excluding hydrogens is 251 g/mol. The van der Waals surface area contributed by atoms with Crippen LogP contribution in [0.2, 0.25) is 0 Å². The van der Waals surface area contributed by atoms with E-state index in [9.17, 15) is 4.79 Å². The summed E-state index contributed by atoms with van der Waals surface area (Å²) in [6, 6.07) is 9.49. The molecular formula is C9H10IO-. The zero-order valence-electron chi connectivity index (χ0n) is 6.38. The molecule has 60 valence electrons. The Hall–Kier alpha value is -0.380. The fourth-order valence-electron chi connectivity index (χ4n) is 0.823. The molecule has 0 saturated carbocycles. The molecule has 1 aromatic carbocycles. The predicted octanol–water partition coefficient (Wildman–Crippen LogP) is -1.41. The molecule has 0 aliphatic carbocycles. The minimum atomic E-state index is 0.0918. The number of hydrogen-bond acceptors (Lipinski definition) is 1. The van der Waals surface area contributed by atoms with Crippen LogP contribution in [0, 0.1) is 0 Å². The van der Waals surface area contributed by atoms with Crippen LogP contribution in [-0.4, -0.2) is 15.1 Å². The molecule has 0 aliphatic heterocycles. The Labute approximate surface area is 77.1 Å². The van der Waals surface area contributed by atoms with Crippen LogP contribution in [0.1, 0.15) is 10.4 Å². The van der Waals surface area contributed by atoms with Gasteiger partial charge in [0.2, 0.25) is 0 Å².